The summed E-state index contributed by atoms with van der Waals surface area (Å²) in [6.45, 7) is 0. The van der Waals surface area contributed by atoms with E-state index in [-0.39, 0.29) is 6.42 Å². The molecule has 0 saturated carbocycles. The van der Waals surface area contributed by atoms with Crippen molar-refractivity contribution in [3.05, 3.63) is 50.9 Å². The zero-order chi connectivity index (χ0) is 15.4. The van der Waals surface area contributed by atoms with Crippen molar-refractivity contribution in [2.75, 3.05) is 0 Å². The number of carboxylic acids is 1. The highest BCUT2D eigenvalue weighted by atomic mass is 79.9. The summed E-state index contributed by atoms with van der Waals surface area (Å²) in [4.78, 5) is 30.1. The Morgan fingerprint density at radius 1 is 1.38 bits per heavy atom. The molecule has 1 atom stereocenters. The summed E-state index contributed by atoms with van der Waals surface area (Å²) in [6.07, 6.45) is 3.12. The third-order valence-electron chi connectivity index (χ3n) is 2.76. The summed E-state index contributed by atoms with van der Waals surface area (Å²) in [5.74, 6) is -1.57. The minimum Gasteiger partial charge on any atom is -0.480 e. The number of carboxylic acid groups (broad SMARTS) is 1. The fraction of sp³-hybridized carbons (Fsp3) is 0.154. The first-order valence-electron chi connectivity index (χ1n) is 5.93. The summed E-state index contributed by atoms with van der Waals surface area (Å²) in [5.41, 5.74) is 0.997. The van der Waals surface area contributed by atoms with Crippen LogP contribution in [0.4, 0.5) is 0 Å². The van der Waals surface area contributed by atoms with Crippen LogP contribution < -0.4 is 5.32 Å². The van der Waals surface area contributed by atoms with Gasteiger partial charge in [0, 0.05) is 27.3 Å². The van der Waals surface area contributed by atoms with Crippen molar-refractivity contribution in [1.29, 1.82) is 0 Å². The number of rotatable bonds is 5. The number of nitrogens with zero attached hydrogens (tertiary/aromatic N) is 1. The summed E-state index contributed by atoms with van der Waals surface area (Å²) in [6, 6.07) is 4.07. The lowest BCUT2D eigenvalue weighted by atomic mass is 10.1. The molecule has 2 aromatic rings. The van der Waals surface area contributed by atoms with Crippen LogP contribution in [-0.2, 0) is 11.2 Å². The van der Waals surface area contributed by atoms with E-state index in [2.05, 4.69) is 47.1 Å². The molecule has 0 aliphatic carbocycles. The maximum Gasteiger partial charge on any atom is 0.326 e. The molecule has 3 N–H and O–H groups in total. The highest BCUT2D eigenvalue weighted by Crippen LogP contribution is 2.21. The molecule has 1 heterocycles. The van der Waals surface area contributed by atoms with E-state index >= 15 is 0 Å². The number of halogens is 2. The molecule has 2 rings (SSSR count). The van der Waals surface area contributed by atoms with Crippen molar-refractivity contribution >= 4 is 43.7 Å². The fourth-order valence-corrected chi connectivity index (χ4v) is 2.51. The largest absolute Gasteiger partial charge is 0.480 e. The average Bonchev–Trinajstić information content (AvgIpc) is 2.93. The van der Waals surface area contributed by atoms with Gasteiger partial charge in [-0.05, 0) is 34.1 Å². The lowest BCUT2D eigenvalue weighted by molar-refractivity contribution is -0.139. The van der Waals surface area contributed by atoms with Gasteiger partial charge in [0.05, 0.1) is 11.9 Å². The Kier molecular flexibility index (Phi) is 5.13. The minimum absolute atomic E-state index is 0.132. The van der Waals surface area contributed by atoms with Crippen molar-refractivity contribution in [3.63, 3.8) is 0 Å². The lowest BCUT2D eigenvalue weighted by Crippen LogP contribution is -2.42. The van der Waals surface area contributed by atoms with Gasteiger partial charge in [0.25, 0.3) is 5.91 Å². The third-order valence-corrected chi connectivity index (χ3v) is 3.94. The topological polar surface area (TPSA) is 95.1 Å². The molecule has 6 nitrogen and oxygen atoms in total. The van der Waals surface area contributed by atoms with E-state index in [1.807, 2.05) is 0 Å². The molecule has 0 bridgehead atoms. The van der Waals surface area contributed by atoms with Gasteiger partial charge >= 0.3 is 5.97 Å². The fourth-order valence-electron chi connectivity index (χ4n) is 1.72. The first-order valence-corrected chi connectivity index (χ1v) is 7.52. The van der Waals surface area contributed by atoms with Crippen molar-refractivity contribution in [3.8, 4) is 0 Å². The zero-order valence-corrected chi connectivity index (χ0v) is 13.8. The van der Waals surface area contributed by atoms with Gasteiger partial charge < -0.3 is 15.4 Å². The maximum absolute atomic E-state index is 12.2. The molecular weight excluding hydrogens is 406 g/mol. The van der Waals surface area contributed by atoms with Crippen molar-refractivity contribution in [1.82, 2.24) is 15.3 Å². The van der Waals surface area contributed by atoms with E-state index in [0.29, 0.717) is 15.7 Å². The molecule has 0 saturated heterocycles. The molecule has 0 spiro atoms. The van der Waals surface area contributed by atoms with E-state index in [1.54, 1.807) is 18.2 Å². The molecule has 110 valence electrons. The van der Waals surface area contributed by atoms with Gasteiger partial charge in [-0.2, -0.15) is 0 Å². The zero-order valence-electron chi connectivity index (χ0n) is 10.6. The van der Waals surface area contributed by atoms with E-state index in [9.17, 15) is 14.7 Å². The summed E-state index contributed by atoms with van der Waals surface area (Å²) >= 11 is 6.55. The quantitative estimate of drug-likeness (QED) is 0.697. The van der Waals surface area contributed by atoms with E-state index < -0.39 is 17.9 Å². The molecule has 0 aliphatic heterocycles. The molecule has 1 amide bonds. The van der Waals surface area contributed by atoms with Gasteiger partial charge in [-0.15, -0.1) is 0 Å². The second-order valence-corrected chi connectivity index (χ2v) is 6.04. The smallest absolute Gasteiger partial charge is 0.326 e. The number of imidazole rings is 1. The number of carbonyl (C=O) groups excluding carboxylic acids is 1. The highest BCUT2D eigenvalue weighted by Gasteiger charge is 2.22. The predicted molar refractivity (Wildman–Crippen MR) is 83.0 cm³/mol. The Morgan fingerprint density at radius 3 is 2.76 bits per heavy atom. The molecule has 8 heteroatoms. The number of benzene rings is 1. The number of carbonyl (C=O) groups is 2. The number of H-pyrrole nitrogens is 1. The van der Waals surface area contributed by atoms with Crippen LogP contribution in [0.2, 0.25) is 0 Å². The van der Waals surface area contributed by atoms with Crippen LogP contribution in [0.25, 0.3) is 0 Å². The highest BCUT2D eigenvalue weighted by molar-refractivity contribution is 9.11. The Hall–Kier alpha value is -1.67. The van der Waals surface area contributed by atoms with Crippen LogP contribution in [-0.4, -0.2) is 33.0 Å². The molecule has 0 aliphatic rings. The average molecular weight is 417 g/mol. The number of aromatic nitrogens is 2. The van der Waals surface area contributed by atoms with Crippen LogP contribution >= 0.6 is 31.9 Å². The van der Waals surface area contributed by atoms with Crippen LogP contribution in [0.15, 0.2) is 39.7 Å². The molecular formula is C13H11Br2N3O3. The Labute approximate surface area is 137 Å². The van der Waals surface area contributed by atoms with Gasteiger partial charge in [-0.3, -0.25) is 4.79 Å². The second-order valence-electron chi connectivity index (χ2n) is 4.27. The van der Waals surface area contributed by atoms with Crippen molar-refractivity contribution < 1.29 is 14.7 Å². The Morgan fingerprint density at radius 2 is 2.14 bits per heavy atom. The van der Waals surface area contributed by atoms with Gasteiger partial charge in [0.2, 0.25) is 0 Å². The number of aliphatic carboxylic acids is 1. The van der Waals surface area contributed by atoms with Gasteiger partial charge in [-0.25, -0.2) is 9.78 Å². The first kappa shape index (κ1) is 15.7. The standard InChI is InChI=1S/C13H11Br2N3O3/c14-7-1-2-10(15)9(3-7)12(19)18-11(13(20)21)4-8-5-16-6-17-8/h1-3,5-6,11H,4H2,(H,16,17)(H,18,19)(H,20,21)/t11-/m0/s1. The number of hydrogen-bond donors (Lipinski definition) is 3. The molecule has 21 heavy (non-hydrogen) atoms. The van der Waals surface area contributed by atoms with E-state index in [0.717, 1.165) is 4.47 Å². The van der Waals surface area contributed by atoms with Crippen LogP contribution in [0, 0.1) is 0 Å². The number of nitrogens with one attached hydrogen (secondary N) is 2. The number of amides is 1. The first-order chi connectivity index (χ1) is 9.97. The second kappa shape index (κ2) is 6.86. The monoisotopic (exact) mass is 415 g/mol. The lowest BCUT2D eigenvalue weighted by Gasteiger charge is -2.14. The Bertz CT molecular complexity index is 659. The van der Waals surface area contributed by atoms with Crippen molar-refractivity contribution in [2.45, 2.75) is 12.5 Å². The SMILES string of the molecule is O=C(N[C@@H](Cc1cnc[nH]1)C(=O)O)c1cc(Br)ccc1Br. The van der Waals surface area contributed by atoms with Crippen LogP contribution in [0.1, 0.15) is 16.1 Å². The minimum atomic E-state index is -1.11. The van der Waals surface area contributed by atoms with Crippen LogP contribution in [0.3, 0.4) is 0 Å². The van der Waals surface area contributed by atoms with Crippen LogP contribution in [0.5, 0.6) is 0 Å². The molecule has 0 fully saturated rings. The van der Waals surface area contributed by atoms with Crippen molar-refractivity contribution in [2.24, 2.45) is 0 Å². The summed E-state index contributed by atoms with van der Waals surface area (Å²) in [7, 11) is 0. The van der Waals surface area contributed by atoms with Gasteiger partial charge in [0.15, 0.2) is 0 Å². The predicted octanol–water partition coefficient (Wildman–Crippen LogP) is 2.36. The van der Waals surface area contributed by atoms with E-state index in [1.165, 1.54) is 12.5 Å². The molecule has 0 unspecified atom stereocenters. The number of aromatic amines is 1. The summed E-state index contributed by atoms with van der Waals surface area (Å²) in [5, 5.41) is 11.7. The molecule has 0 radical (unpaired) electrons. The molecule has 1 aromatic carbocycles. The maximum atomic E-state index is 12.2. The van der Waals surface area contributed by atoms with Gasteiger partial charge in [-0.1, -0.05) is 15.9 Å². The third kappa shape index (κ3) is 4.15. The van der Waals surface area contributed by atoms with Gasteiger partial charge in [0.1, 0.15) is 6.04 Å². The molecule has 1 aromatic heterocycles. The Balaban J connectivity index is 2.14. The van der Waals surface area contributed by atoms with E-state index in [4.69, 9.17) is 0 Å². The normalized spacial score (nSPS) is 11.9. The number of hydrogen-bond acceptors (Lipinski definition) is 3. The summed E-state index contributed by atoms with van der Waals surface area (Å²) < 4.78 is 1.32.